The Kier molecular flexibility index (Phi) is 4.20. The summed E-state index contributed by atoms with van der Waals surface area (Å²) >= 11 is 0. The molecule has 6 nitrogen and oxygen atoms in total. The first-order chi connectivity index (χ1) is 10.6. The molecule has 2 amide bonds. The molecule has 0 spiro atoms. The van der Waals surface area contributed by atoms with Gasteiger partial charge in [-0.05, 0) is 26.8 Å². The third-order valence-electron chi connectivity index (χ3n) is 3.61. The first-order valence-corrected chi connectivity index (χ1v) is 7.55. The number of nitrogens with one attached hydrogen (secondary N) is 1. The molecule has 23 heavy (non-hydrogen) atoms. The molecule has 0 bridgehead atoms. The summed E-state index contributed by atoms with van der Waals surface area (Å²) in [5.41, 5.74) is -1.59. The van der Waals surface area contributed by atoms with Gasteiger partial charge in [-0.2, -0.15) is 0 Å². The van der Waals surface area contributed by atoms with Gasteiger partial charge in [-0.25, -0.2) is 0 Å². The van der Waals surface area contributed by atoms with Gasteiger partial charge in [-0.3, -0.25) is 14.4 Å². The molecular formula is C17H22N2O4. The number of likely N-dealkylation sites (N-methyl/N-ethyl adjacent to an activating group) is 1. The first kappa shape index (κ1) is 17.0. The van der Waals surface area contributed by atoms with Gasteiger partial charge >= 0.3 is 5.97 Å². The number of benzene rings is 1. The number of carbonyl (C=O) groups excluding carboxylic acids is 3. The number of anilines is 1. The number of amides is 2. The minimum Gasteiger partial charge on any atom is -0.433 e. The molecule has 0 saturated heterocycles. The van der Waals surface area contributed by atoms with Crippen molar-refractivity contribution in [3.8, 4) is 0 Å². The minimum absolute atomic E-state index is 0.0731. The third kappa shape index (κ3) is 2.81. The van der Waals surface area contributed by atoms with Crippen molar-refractivity contribution in [1.82, 2.24) is 5.32 Å². The number of ether oxygens (including phenoxy) is 1. The molecule has 1 aliphatic heterocycles. The summed E-state index contributed by atoms with van der Waals surface area (Å²) in [6, 6.07) is 6.84. The van der Waals surface area contributed by atoms with Crippen molar-refractivity contribution in [2.45, 2.75) is 45.3 Å². The summed E-state index contributed by atoms with van der Waals surface area (Å²) in [6.45, 7) is 7.02. The number of nitrogens with zero attached hydrogens (tertiary/aromatic N) is 1. The van der Waals surface area contributed by atoms with Gasteiger partial charge < -0.3 is 15.0 Å². The van der Waals surface area contributed by atoms with Crippen molar-refractivity contribution >= 4 is 23.5 Å². The highest BCUT2D eigenvalue weighted by atomic mass is 16.6. The molecule has 1 N–H and O–H groups in total. The molecule has 124 valence electrons. The van der Waals surface area contributed by atoms with Gasteiger partial charge in [0.1, 0.15) is 0 Å². The van der Waals surface area contributed by atoms with Crippen molar-refractivity contribution < 1.29 is 19.1 Å². The van der Waals surface area contributed by atoms with Crippen LogP contribution >= 0.6 is 0 Å². The maximum atomic E-state index is 12.9. The van der Waals surface area contributed by atoms with Crippen molar-refractivity contribution in [3.63, 3.8) is 0 Å². The van der Waals surface area contributed by atoms with E-state index in [1.165, 1.54) is 4.90 Å². The predicted octanol–water partition coefficient (Wildman–Crippen LogP) is 1.73. The van der Waals surface area contributed by atoms with E-state index in [0.717, 1.165) is 0 Å². The van der Waals surface area contributed by atoms with E-state index in [1.807, 2.05) is 0 Å². The molecule has 1 aliphatic rings. The Morgan fingerprint density at radius 1 is 1.26 bits per heavy atom. The van der Waals surface area contributed by atoms with Gasteiger partial charge in [0, 0.05) is 24.6 Å². The normalized spacial score (nSPS) is 20.2. The Hall–Kier alpha value is -2.37. The Balaban J connectivity index is 2.61. The van der Waals surface area contributed by atoms with Gasteiger partial charge in [0.05, 0.1) is 5.69 Å². The second kappa shape index (κ2) is 5.68. The quantitative estimate of drug-likeness (QED) is 0.680. The zero-order chi connectivity index (χ0) is 17.4. The molecule has 1 atom stereocenters. The van der Waals surface area contributed by atoms with Crippen LogP contribution in [0.25, 0.3) is 0 Å². The first-order valence-electron chi connectivity index (χ1n) is 7.55. The third-order valence-corrected chi connectivity index (χ3v) is 3.61. The summed E-state index contributed by atoms with van der Waals surface area (Å²) in [5, 5.41) is 2.76. The van der Waals surface area contributed by atoms with Crippen LogP contribution in [0.5, 0.6) is 0 Å². The highest BCUT2D eigenvalue weighted by Gasteiger charge is 2.59. The molecule has 1 aromatic rings. The van der Waals surface area contributed by atoms with Crippen molar-refractivity contribution in [2.75, 3.05) is 11.9 Å². The number of rotatable bonds is 3. The average molecular weight is 318 g/mol. The van der Waals surface area contributed by atoms with Crippen LogP contribution in [0.2, 0.25) is 0 Å². The molecule has 0 aliphatic carbocycles. The molecule has 0 saturated carbocycles. The number of para-hydroxylation sites is 1. The number of esters is 1. The monoisotopic (exact) mass is 318 g/mol. The van der Waals surface area contributed by atoms with E-state index >= 15 is 0 Å². The molecule has 1 aromatic carbocycles. The number of hydrogen-bond donors (Lipinski definition) is 1. The van der Waals surface area contributed by atoms with Gasteiger partial charge in [0.2, 0.25) is 0 Å². The van der Waals surface area contributed by atoms with E-state index in [0.29, 0.717) is 11.3 Å². The molecule has 1 heterocycles. The van der Waals surface area contributed by atoms with Gasteiger partial charge in [0.15, 0.2) is 0 Å². The molecule has 2 rings (SSSR count). The second-order valence-corrected chi connectivity index (χ2v) is 6.59. The SMILES string of the molecule is CCC(=O)OC1(C(=O)NC(C)(C)C)C(=O)N(C)c2ccccc21. The molecule has 1 unspecified atom stereocenters. The van der Waals surface area contributed by atoms with E-state index in [1.54, 1.807) is 59.0 Å². The van der Waals surface area contributed by atoms with E-state index in [-0.39, 0.29) is 6.42 Å². The lowest BCUT2D eigenvalue weighted by Gasteiger charge is -2.31. The van der Waals surface area contributed by atoms with E-state index in [2.05, 4.69) is 5.32 Å². The number of fused-ring (bicyclic) bond motifs is 1. The van der Waals surface area contributed by atoms with Crippen molar-refractivity contribution in [3.05, 3.63) is 29.8 Å². The number of carbonyl (C=O) groups is 3. The molecule has 0 aromatic heterocycles. The Labute approximate surface area is 135 Å². The second-order valence-electron chi connectivity index (χ2n) is 6.59. The summed E-state index contributed by atoms with van der Waals surface area (Å²) in [4.78, 5) is 39.0. The zero-order valence-electron chi connectivity index (χ0n) is 14.1. The molecule has 0 fully saturated rings. The van der Waals surface area contributed by atoms with Crippen molar-refractivity contribution in [1.29, 1.82) is 0 Å². The lowest BCUT2D eigenvalue weighted by molar-refractivity contribution is -0.174. The van der Waals surface area contributed by atoms with Crippen LogP contribution in [-0.4, -0.2) is 30.4 Å². The lowest BCUT2D eigenvalue weighted by atomic mass is 9.92. The standard InChI is InChI=1S/C17H22N2O4/c1-6-13(20)23-17(14(21)18-16(2,3)4)11-9-7-8-10-12(11)19(5)15(17)22/h7-10H,6H2,1-5H3,(H,18,21). The fraction of sp³-hybridized carbons (Fsp3) is 0.471. The summed E-state index contributed by atoms with van der Waals surface area (Å²) in [6.07, 6.45) is 0.0731. The smallest absolute Gasteiger partial charge is 0.307 e. The topological polar surface area (TPSA) is 75.7 Å². The molecule has 0 radical (unpaired) electrons. The Morgan fingerprint density at radius 2 is 1.87 bits per heavy atom. The predicted molar refractivity (Wildman–Crippen MR) is 85.8 cm³/mol. The van der Waals surface area contributed by atoms with E-state index in [4.69, 9.17) is 4.74 Å². The van der Waals surface area contributed by atoms with Gasteiger partial charge in [-0.15, -0.1) is 0 Å². The number of hydrogen-bond acceptors (Lipinski definition) is 4. The summed E-state index contributed by atoms with van der Waals surface area (Å²) in [5.74, 6) is -1.80. The minimum atomic E-state index is -1.97. The highest BCUT2D eigenvalue weighted by molar-refractivity contribution is 6.21. The van der Waals surface area contributed by atoms with Crippen molar-refractivity contribution in [2.24, 2.45) is 0 Å². The Bertz CT molecular complexity index is 663. The van der Waals surface area contributed by atoms with E-state index in [9.17, 15) is 14.4 Å². The fourth-order valence-corrected chi connectivity index (χ4v) is 2.56. The van der Waals surface area contributed by atoms with Crippen LogP contribution in [0, 0.1) is 0 Å². The van der Waals surface area contributed by atoms with Crippen LogP contribution in [0.15, 0.2) is 24.3 Å². The average Bonchev–Trinajstić information content (AvgIpc) is 2.69. The van der Waals surface area contributed by atoms with Crippen LogP contribution in [-0.2, 0) is 24.7 Å². The van der Waals surface area contributed by atoms with Gasteiger partial charge in [0.25, 0.3) is 17.4 Å². The molecule has 6 heteroatoms. The fourth-order valence-electron chi connectivity index (χ4n) is 2.56. The van der Waals surface area contributed by atoms with Crippen LogP contribution < -0.4 is 10.2 Å². The van der Waals surface area contributed by atoms with Crippen LogP contribution in [0.4, 0.5) is 5.69 Å². The van der Waals surface area contributed by atoms with Crippen LogP contribution in [0.1, 0.15) is 39.7 Å². The van der Waals surface area contributed by atoms with Gasteiger partial charge in [-0.1, -0.05) is 25.1 Å². The Morgan fingerprint density at radius 3 is 2.43 bits per heavy atom. The summed E-state index contributed by atoms with van der Waals surface area (Å²) in [7, 11) is 1.56. The van der Waals surface area contributed by atoms with E-state index < -0.39 is 28.9 Å². The lowest BCUT2D eigenvalue weighted by Crippen LogP contribution is -2.57. The maximum absolute atomic E-state index is 12.9. The largest absolute Gasteiger partial charge is 0.433 e. The highest BCUT2D eigenvalue weighted by Crippen LogP contribution is 2.42. The summed E-state index contributed by atoms with van der Waals surface area (Å²) < 4.78 is 5.42. The maximum Gasteiger partial charge on any atom is 0.307 e. The van der Waals surface area contributed by atoms with Crippen LogP contribution in [0.3, 0.4) is 0 Å². The molecular weight excluding hydrogens is 296 g/mol. The zero-order valence-corrected chi connectivity index (χ0v) is 14.1.